The van der Waals surface area contributed by atoms with Crippen molar-refractivity contribution in [2.45, 2.75) is 58.3 Å². The molecule has 3 rings (SSSR count). The Labute approximate surface area is 246 Å². The van der Waals surface area contributed by atoms with Gasteiger partial charge in [0.1, 0.15) is 11.5 Å². The maximum absolute atomic E-state index is 12.7. The number of rotatable bonds is 16. The van der Waals surface area contributed by atoms with Crippen LogP contribution in [0.5, 0.6) is 11.5 Å². The highest BCUT2D eigenvalue weighted by Gasteiger charge is 2.15. The molecule has 2 N–H and O–H groups in total. The standard InChI is InChI=1S/C33H37N3O6/c1-2-3-4-5-6-7-14-19-30(37)34-24-31(38)36-35-23-27-20-21-28(41-32(39)25-15-10-8-11-16-25)22-29(27)42-33(40)26-17-12-9-13-18-26/h8-13,15-18,20-23H,2-7,14,19,24H2,1H3,(H,34,37)(H,36,38)/b35-23+. The third-order valence-electron chi connectivity index (χ3n) is 6.26. The van der Waals surface area contributed by atoms with Gasteiger partial charge in [0, 0.05) is 18.1 Å². The van der Waals surface area contributed by atoms with Gasteiger partial charge in [0.15, 0.2) is 0 Å². The normalized spacial score (nSPS) is 10.7. The molecule has 0 fully saturated rings. The van der Waals surface area contributed by atoms with Crippen molar-refractivity contribution in [1.82, 2.24) is 10.7 Å². The predicted molar refractivity (Wildman–Crippen MR) is 161 cm³/mol. The molecule has 42 heavy (non-hydrogen) atoms. The van der Waals surface area contributed by atoms with Gasteiger partial charge in [-0.15, -0.1) is 0 Å². The molecule has 0 bridgehead atoms. The number of unbranched alkanes of at least 4 members (excludes halogenated alkanes) is 6. The Balaban J connectivity index is 1.56. The van der Waals surface area contributed by atoms with E-state index in [-0.39, 0.29) is 24.0 Å². The molecular formula is C33H37N3O6. The Bertz CT molecular complexity index is 1340. The van der Waals surface area contributed by atoms with E-state index in [0.717, 1.165) is 19.3 Å². The van der Waals surface area contributed by atoms with Gasteiger partial charge in [-0.1, -0.05) is 81.8 Å². The summed E-state index contributed by atoms with van der Waals surface area (Å²) in [5.41, 5.74) is 3.39. The summed E-state index contributed by atoms with van der Waals surface area (Å²) in [5.74, 6) is -1.65. The molecule has 3 aromatic carbocycles. The van der Waals surface area contributed by atoms with E-state index in [1.165, 1.54) is 44.0 Å². The number of hydrazone groups is 1. The molecule has 0 aliphatic carbocycles. The first-order valence-corrected chi connectivity index (χ1v) is 14.2. The zero-order valence-electron chi connectivity index (χ0n) is 23.8. The number of ether oxygens (including phenoxy) is 2. The third kappa shape index (κ3) is 11.4. The van der Waals surface area contributed by atoms with Crippen LogP contribution in [0, 0.1) is 0 Å². The number of nitrogens with one attached hydrogen (secondary N) is 2. The lowest BCUT2D eigenvalue weighted by Crippen LogP contribution is -2.34. The van der Waals surface area contributed by atoms with Crippen molar-refractivity contribution in [3.63, 3.8) is 0 Å². The maximum Gasteiger partial charge on any atom is 0.343 e. The fourth-order valence-corrected chi connectivity index (χ4v) is 3.97. The molecule has 0 unspecified atom stereocenters. The zero-order chi connectivity index (χ0) is 30.0. The van der Waals surface area contributed by atoms with Crippen molar-refractivity contribution in [3.05, 3.63) is 95.6 Å². The van der Waals surface area contributed by atoms with Gasteiger partial charge in [0.2, 0.25) is 5.91 Å². The van der Waals surface area contributed by atoms with E-state index < -0.39 is 17.8 Å². The molecule has 2 amide bonds. The number of esters is 2. The number of hydrogen-bond acceptors (Lipinski definition) is 7. The van der Waals surface area contributed by atoms with Gasteiger partial charge in [-0.2, -0.15) is 5.10 Å². The molecule has 0 aliphatic heterocycles. The number of carbonyl (C=O) groups excluding carboxylic acids is 4. The Hall–Kier alpha value is -4.79. The van der Waals surface area contributed by atoms with E-state index in [1.807, 2.05) is 0 Å². The minimum atomic E-state index is -0.621. The van der Waals surface area contributed by atoms with Crippen LogP contribution in [0.3, 0.4) is 0 Å². The van der Waals surface area contributed by atoms with Gasteiger partial charge in [0.05, 0.1) is 23.9 Å². The first-order chi connectivity index (χ1) is 20.5. The van der Waals surface area contributed by atoms with Crippen molar-refractivity contribution in [1.29, 1.82) is 0 Å². The van der Waals surface area contributed by atoms with E-state index in [0.29, 0.717) is 23.1 Å². The lowest BCUT2D eigenvalue weighted by atomic mass is 10.1. The lowest BCUT2D eigenvalue weighted by Gasteiger charge is -2.10. The van der Waals surface area contributed by atoms with Crippen molar-refractivity contribution in [2.24, 2.45) is 5.10 Å². The van der Waals surface area contributed by atoms with Gasteiger partial charge in [0.25, 0.3) is 5.91 Å². The lowest BCUT2D eigenvalue weighted by molar-refractivity contribution is -0.126. The first kappa shape index (κ1) is 31.7. The molecule has 0 saturated heterocycles. The number of nitrogens with zero attached hydrogens (tertiary/aromatic N) is 1. The minimum Gasteiger partial charge on any atom is -0.423 e. The fraction of sp³-hybridized carbons (Fsp3) is 0.303. The SMILES string of the molecule is CCCCCCCCCC(=O)NCC(=O)N/N=C/c1ccc(OC(=O)c2ccccc2)cc1OC(=O)c1ccccc1. The molecule has 9 nitrogen and oxygen atoms in total. The van der Waals surface area contributed by atoms with Crippen molar-refractivity contribution < 1.29 is 28.7 Å². The van der Waals surface area contributed by atoms with Crippen LogP contribution in [-0.2, 0) is 9.59 Å². The Morgan fingerprint density at radius 1 is 0.714 bits per heavy atom. The fourth-order valence-electron chi connectivity index (χ4n) is 3.97. The average Bonchev–Trinajstić information content (AvgIpc) is 3.01. The molecule has 3 aromatic rings. The van der Waals surface area contributed by atoms with Crippen LogP contribution in [0.1, 0.15) is 84.6 Å². The zero-order valence-corrected chi connectivity index (χ0v) is 23.8. The quantitative estimate of drug-likeness (QED) is 0.0733. The third-order valence-corrected chi connectivity index (χ3v) is 6.26. The van der Waals surface area contributed by atoms with E-state index in [1.54, 1.807) is 66.7 Å². The largest absolute Gasteiger partial charge is 0.423 e. The van der Waals surface area contributed by atoms with Crippen LogP contribution in [0.2, 0.25) is 0 Å². The molecule has 220 valence electrons. The predicted octanol–water partition coefficient (Wildman–Crippen LogP) is 5.83. The van der Waals surface area contributed by atoms with E-state index in [9.17, 15) is 19.2 Å². The van der Waals surface area contributed by atoms with Crippen LogP contribution in [0.15, 0.2) is 84.0 Å². The molecule has 0 radical (unpaired) electrons. The smallest absolute Gasteiger partial charge is 0.343 e. The van der Waals surface area contributed by atoms with Crippen LogP contribution < -0.4 is 20.2 Å². The highest BCUT2D eigenvalue weighted by molar-refractivity contribution is 5.94. The number of benzene rings is 3. The Morgan fingerprint density at radius 2 is 1.31 bits per heavy atom. The van der Waals surface area contributed by atoms with Crippen LogP contribution in [0.25, 0.3) is 0 Å². The highest BCUT2D eigenvalue weighted by Crippen LogP contribution is 2.26. The van der Waals surface area contributed by atoms with Crippen LogP contribution >= 0.6 is 0 Å². The van der Waals surface area contributed by atoms with E-state index in [4.69, 9.17) is 9.47 Å². The number of hydrogen-bond donors (Lipinski definition) is 2. The van der Waals surface area contributed by atoms with Gasteiger partial charge in [-0.05, 0) is 42.8 Å². The van der Waals surface area contributed by atoms with Gasteiger partial charge in [-0.3, -0.25) is 9.59 Å². The second-order valence-corrected chi connectivity index (χ2v) is 9.65. The molecule has 0 saturated carbocycles. The van der Waals surface area contributed by atoms with Crippen LogP contribution in [0.4, 0.5) is 0 Å². The van der Waals surface area contributed by atoms with Gasteiger partial charge >= 0.3 is 11.9 Å². The first-order valence-electron chi connectivity index (χ1n) is 14.2. The molecule has 0 heterocycles. The van der Waals surface area contributed by atoms with E-state index >= 15 is 0 Å². The molecule has 0 atom stereocenters. The summed E-state index contributed by atoms with van der Waals surface area (Å²) in [5, 5.41) is 6.53. The van der Waals surface area contributed by atoms with Crippen molar-refractivity contribution >= 4 is 30.0 Å². The summed E-state index contributed by atoms with van der Waals surface area (Å²) in [6.45, 7) is 1.97. The molecule has 0 aliphatic rings. The summed E-state index contributed by atoms with van der Waals surface area (Å²) < 4.78 is 11.0. The molecule has 9 heteroatoms. The van der Waals surface area contributed by atoms with E-state index in [2.05, 4.69) is 22.8 Å². The summed E-state index contributed by atoms with van der Waals surface area (Å²) in [7, 11) is 0. The second kappa shape index (κ2) is 17.8. The average molecular weight is 572 g/mol. The second-order valence-electron chi connectivity index (χ2n) is 9.65. The van der Waals surface area contributed by atoms with Gasteiger partial charge in [-0.25, -0.2) is 15.0 Å². The topological polar surface area (TPSA) is 123 Å². The maximum atomic E-state index is 12.7. The summed E-state index contributed by atoms with van der Waals surface area (Å²) >= 11 is 0. The van der Waals surface area contributed by atoms with Crippen molar-refractivity contribution in [3.8, 4) is 11.5 Å². The highest BCUT2D eigenvalue weighted by atomic mass is 16.5. The summed E-state index contributed by atoms with van der Waals surface area (Å²) in [6.07, 6.45) is 9.44. The summed E-state index contributed by atoms with van der Waals surface area (Å²) in [4.78, 5) is 49.4. The monoisotopic (exact) mass is 571 g/mol. The molecule has 0 aromatic heterocycles. The molecule has 0 spiro atoms. The number of carbonyl (C=O) groups is 4. The Morgan fingerprint density at radius 3 is 1.95 bits per heavy atom. The number of amides is 2. The van der Waals surface area contributed by atoms with Gasteiger partial charge < -0.3 is 14.8 Å². The van der Waals surface area contributed by atoms with Crippen LogP contribution in [-0.4, -0.2) is 36.5 Å². The van der Waals surface area contributed by atoms with Crippen molar-refractivity contribution in [2.75, 3.05) is 6.54 Å². The summed E-state index contributed by atoms with van der Waals surface area (Å²) in [6, 6.07) is 21.4. The minimum absolute atomic E-state index is 0.0724. The molecular weight excluding hydrogens is 534 g/mol. The Kier molecular flexibility index (Phi) is 13.5.